The van der Waals surface area contributed by atoms with Crippen LogP contribution in [-0.2, 0) is 13.0 Å². The Morgan fingerprint density at radius 3 is 2.53 bits per heavy atom. The van der Waals surface area contributed by atoms with E-state index in [4.69, 9.17) is 5.26 Å². The lowest BCUT2D eigenvalue weighted by Crippen LogP contribution is -2.05. The molecular weight excluding hydrogens is 208 g/mol. The Balaban J connectivity index is 2.27. The summed E-state index contributed by atoms with van der Waals surface area (Å²) in [5.74, 6) is 0. The summed E-state index contributed by atoms with van der Waals surface area (Å²) in [5.41, 5.74) is 3.26. The van der Waals surface area contributed by atoms with Gasteiger partial charge in [-0.3, -0.25) is 0 Å². The summed E-state index contributed by atoms with van der Waals surface area (Å²) >= 11 is 0. The maximum atomic E-state index is 9.05. The van der Waals surface area contributed by atoms with Crippen LogP contribution in [0, 0.1) is 11.3 Å². The third-order valence-electron chi connectivity index (χ3n) is 2.86. The van der Waals surface area contributed by atoms with E-state index in [1.165, 1.54) is 11.3 Å². The largest absolute Gasteiger partial charge is 0.336 e. The van der Waals surface area contributed by atoms with E-state index in [-0.39, 0.29) is 0 Å². The molecule has 2 aromatic rings. The maximum Gasteiger partial charge on any atom is 0.120 e. The van der Waals surface area contributed by atoms with Gasteiger partial charge in [0.25, 0.3) is 0 Å². The molecule has 0 atom stereocenters. The summed E-state index contributed by atoms with van der Waals surface area (Å²) < 4.78 is 2.12. The van der Waals surface area contributed by atoms with Crippen molar-refractivity contribution in [2.45, 2.75) is 26.3 Å². The SMILES string of the molecule is CCCn1c(C#N)ccc1Cc1ccccc1. The molecule has 0 N–H and O–H groups in total. The first-order chi connectivity index (χ1) is 8.35. The van der Waals surface area contributed by atoms with Crippen LogP contribution >= 0.6 is 0 Å². The topological polar surface area (TPSA) is 28.7 Å². The van der Waals surface area contributed by atoms with Gasteiger partial charge in [0.1, 0.15) is 11.8 Å². The average molecular weight is 224 g/mol. The normalized spacial score (nSPS) is 10.1. The summed E-state index contributed by atoms with van der Waals surface area (Å²) in [5, 5.41) is 9.05. The first-order valence-corrected chi connectivity index (χ1v) is 5.97. The second kappa shape index (κ2) is 5.36. The molecule has 0 aliphatic rings. The highest BCUT2D eigenvalue weighted by atomic mass is 15.0. The van der Waals surface area contributed by atoms with E-state index in [0.29, 0.717) is 0 Å². The van der Waals surface area contributed by atoms with Crippen molar-refractivity contribution in [1.82, 2.24) is 4.57 Å². The Kier molecular flexibility index (Phi) is 3.62. The van der Waals surface area contributed by atoms with Crippen molar-refractivity contribution in [3.63, 3.8) is 0 Å². The highest BCUT2D eigenvalue weighted by Crippen LogP contribution is 2.14. The van der Waals surface area contributed by atoms with Crippen LogP contribution in [-0.4, -0.2) is 4.57 Å². The van der Waals surface area contributed by atoms with E-state index in [1.54, 1.807) is 0 Å². The van der Waals surface area contributed by atoms with Gasteiger partial charge in [0.15, 0.2) is 0 Å². The van der Waals surface area contributed by atoms with Crippen LogP contribution in [0.1, 0.15) is 30.3 Å². The van der Waals surface area contributed by atoms with E-state index in [0.717, 1.165) is 25.1 Å². The van der Waals surface area contributed by atoms with Crippen LogP contribution in [0.25, 0.3) is 0 Å². The second-order valence-electron chi connectivity index (χ2n) is 4.14. The van der Waals surface area contributed by atoms with Gasteiger partial charge in [0.05, 0.1) is 0 Å². The van der Waals surface area contributed by atoms with Crippen LogP contribution < -0.4 is 0 Å². The fourth-order valence-corrected chi connectivity index (χ4v) is 2.05. The monoisotopic (exact) mass is 224 g/mol. The first-order valence-electron chi connectivity index (χ1n) is 5.97. The zero-order valence-electron chi connectivity index (χ0n) is 10.1. The second-order valence-corrected chi connectivity index (χ2v) is 4.14. The molecule has 0 spiro atoms. The molecule has 2 heteroatoms. The van der Waals surface area contributed by atoms with Crippen molar-refractivity contribution in [1.29, 1.82) is 5.26 Å². The highest BCUT2D eigenvalue weighted by molar-refractivity contribution is 5.30. The molecule has 1 aromatic heterocycles. The Morgan fingerprint density at radius 2 is 1.88 bits per heavy atom. The fraction of sp³-hybridized carbons (Fsp3) is 0.267. The third-order valence-corrected chi connectivity index (χ3v) is 2.86. The van der Waals surface area contributed by atoms with Crippen LogP contribution in [0.15, 0.2) is 42.5 Å². The fourth-order valence-electron chi connectivity index (χ4n) is 2.05. The van der Waals surface area contributed by atoms with E-state index < -0.39 is 0 Å². The molecule has 0 unspecified atom stereocenters. The maximum absolute atomic E-state index is 9.05. The van der Waals surface area contributed by atoms with Gasteiger partial charge in [0, 0.05) is 18.7 Å². The van der Waals surface area contributed by atoms with Crippen molar-refractivity contribution >= 4 is 0 Å². The molecule has 0 saturated heterocycles. The molecule has 17 heavy (non-hydrogen) atoms. The minimum Gasteiger partial charge on any atom is -0.336 e. The molecule has 0 radical (unpaired) electrons. The number of rotatable bonds is 4. The molecule has 1 heterocycles. The smallest absolute Gasteiger partial charge is 0.120 e. The van der Waals surface area contributed by atoms with Crippen LogP contribution in [0.4, 0.5) is 0 Å². The van der Waals surface area contributed by atoms with E-state index in [2.05, 4.69) is 35.8 Å². The standard InChI is InChI=1S/C15H16N2/c1-2-10-17-14(8-9-15(17)12-16)11-13-6-4-3-5-7-13/h3-9H,2,10-11H2,1H3. The summed E-state index contributed by atoms with van der Waals surface area (Å²) in [6.07, 6.45) is 1.94. The van der Waals surface area contributed by atoms with Gasteiger partial charge in [-0.25, -0.2) is 0 Å². The number of hydrogen-bond donors (Lipinski definition) is 0. The molecular formula is C15H16N2. The van der Waals surface area contributed by atoms with Gasteiger partial charge in [-0.15, -0.1) is 0 Å². The Bertz CT molecular complexity index is 518. The van der Waals surface area contributed by atoms with Gasteiger partial charge in [-0.05, 0) is 24.1 Å². The van der Waals surface area contributed by atoms with Gasteiger partial charge < -0.3 is 4.57 Å². The number of hydrogen-bond acceptors (Lipinski definition) is 1. The van der Waals surface area contributed by atoms with Crippen molar-refractivity contribution in [3.8, 4) is 6.07 Å². The van der Waals surface area contributed by atoms with E-state index >= 15 is 0 Å². The molecule has 2 nitrogen and oxygen atoms in total. The Labute approximate surface area is 102 Å². The molecule has 0 amide bonds. The first kappa shape index (κ1) is 11.5. The predicted octanol–water partition coefficient (Wildman–Crippen LogP) is 3.36. The average Bonchev–Trinajstić information content (AvgIpc) is 2.74. The van der Waals surface area contributed by atoms with Gasteiger partial charge in [-0.1, -0.05) is 37.3 Å². The molecule has 2 rings (SSSR count). The zero-order chi connectivity index (χ0) is 12.1. The lowest BCUT2D eigenvalue weighted by molar-refractivity contribution is 0.650. The summed E-state index contributed by atoms with van der Waals surface area (Å²) in [4.78, 5) is 0. The van der Waals surface area contributed by atoms with Crippen LogP contribution in [0.2, 0.25) is 0 Å². The molecule has 0 aliphatic heterocycles. The quantitative estimate of drug-likeness (QED) is 0.782. The number of nitrogens with zero attached hydrogens (tertiary/aromatic N) is 2. The Hall–Kier alpha value is -2.01. The van der Waals surface area contributed by atoms with Crippen molar-refractivity contribution in [2.24, 2.45) is 0 Å². The summed E-state index contributed by atoms with van der Waals surface area (Å²) in [7, 11) is 0. The van der Waals surface area contributed by atoms with E-state index in [9.17, 15) is 0 Å². The molecule has 0 saturated carbocycles. The van der Waals surface area contributed by atoms with Crippen molar-refractivity contribution in [3.05, 3.63) is 59.4 Å². The molecule has 86 valence electrons. The van der Waals surface area contributed by atoms with E-state index in [1.807, 2.05) is 24.3 Å². The molecule has 0 bridgehead atoms. The number of benzene rings is 1. The predicted molar refractivity (Wildman–Crippen MR) is 68.7 cm³/mol. The lowest BCUT2D eigenvalue weighted by atomic mass is 10.1. The lowest BCUT2D eigenvalue weighted by Gasteiger charge is -2.09. The zero-order valence-corrected chi connectivity index (χ0v) is 10.1. The minimum absolute atomic E-state index is 0.762. The molecule has 0 fully saturated rings. The van der Waals surface area contributed by atoms with Crippen LogP contribution in [0.3, 0.4) is 0 Å². The highest BCUT2D eigenvalue weighted by Gasteiger charge is 2.07. The van der Waals surface area contributed by atoms with Crippen molar-refractivity contribution in [2.75, 3.05) is 0 Å². The van der Waals surface area contributed by atoms with Crippen molar-refractivity contribution < 1.29 is 0 Å². The summed E-state index contributed by atoms with van der Waals surface area (Å²) in [6.45, 7) is 3.05. The Morgan fingerprint density at radius 1 is 1.12 bits per heavy atom. The third kappa shape index (κ3) is 2.57. The van der Waals surface area contributed by atoms with Gasteiger partial charge in [-0.2, -0.15) is 5.26 Å². The van der Waals surface area contributed by atoms with Gasteiger partial charge >= 0.3 is 0 Å². The van der Waals surface area contributed by atoms with Crippen LogP contribution in [0.5, 0.6) is 0 Å². The molecule has 1 aromatic carbocycles. The minimum atomic E-state index is 0.762. The number of nitriles is 1. The van der Waals surface area contributed by atoms with Gasteiger partial charge in [0.2, 0.25) is 0 Å². The summed E-state index contributed by atoms with van der Waals surface area (Å²) in [6, 6.07) is 16.6. The number of aromatic nitrogens is 1. The molecule has 0 aliphatic carbocycles.